The molecule has 0 saturated carbocycles. The second-order valence-electron chi connectivity index (χ2n) is 10.8. The van der Waals surface area contributed by atoms with Crippen molar-refractivity contribution in [2.24, 2.45) is 0 Å². The summed E-state index contributed by atoms with van der Waals surface area (Å²) in [6, 6.07) is 38.2. The lowest BCUT2D eigenvalue weighted by Crippen LogP contribution is -2.30. The first-order chi connectivity index (χ1) is 23.7. The molecule has 3 N–H and O–H groups in total. The third kappa shape index (κ3) is 10.1. The number of nitro groups is 1. The van der Waals surface area contributed by atoms with Crippen LogP contribution in [0.3, 0.4) is 0 Å². The van der Waals surface area contributed by atoms with Gasteiger partial charge in [0.15, 0.2) is 0 Å². The lowest BCUT2D eigenvalue weighted by molar-refractivity contribution is -0.384. The van der Waals surface area contributed by atoms with Gasteiger partial charge in [-0.05, 0) is 84.8 Å². The zero-order valence-corrected chi connectivity index (χ0v) is 27.2. The van der Waals surface area contributed by atoms with E-state index in [0.29, 0.717) is 34.9 Å². The molecule has 5 aromatic rings. The van der Waals surface area contributed by atoms with Gasteiger partial charge in [0, 0.05) is 34.0 Å². The number of thioether (sulfide) groups is 1. The monoisotopic (exact) mass is 672 g/mol. The van der Waals surface area contributed by atoms with Gasteiger partial charge in [0.2, 0.25) is 5.91 Å². The number of amides is 3. The lowest BCUT2D eigenvalue weighted by Gasteiger charge is -2.14. The van der Waals surface area contributed by atoms with E-state index in [4.69, 9.17) is 4.74 Å². The number of benzene rings is 5. The average Bonchev–Trinajstić information content (AvgIpc) is 3.12. The Bertz CT molecular complexity index is 1930. The summed E-state index contributed by atoms with van der Waals surface area (Å²) in [6.07, 6.45) is 1.59. The maximum absolute atomic E-state index is 13.5. The number of anilines is 2. The van der Waals surface area contributed by atoms with E-state index in [1.54, 1.807) is 91.9 Å². The molecule has 0 aromatic heterocycles. The van der Waals surface area contributed by atoms with Crippen LogP contribution in [0.5, 0.6) is 5.75 Å². The minimum Gasteiger partial charge on any atom is -0.489 e. The summed E-state index contributed by atoms with van der Waals surface area (Å²) in [6.45, 7) is 2.16. The molecule has 49 heavy (non-hydrogen) atoms. The number of nitrogens with one attached hydrogen (secondary N) is 3. The van der Waals surface area contributed by atoms with E-state index in [9.17, 15) is 24.5 Å². The smallest absolute Gasteiger partial charge is 0.272 e. The highest BCUT2D eigenvalue weighted by Crippen LogP contribution is 2.26. The van der Waals surface area contributed by atoms with E-state index in [-0.39, 0.29) is 17.3 Å². The van der Waals surface area contributed by atoms with Crippen molar-refractivity contribution < 1.29 is 24.0 Å². The summed E-state index contributed by atoms with van der Waals surface area (Å²) < 4.78 is 5.87. The molecule has 246 valence electrons. The van der Waals surface area contributed by atoms with Crippen LogP contribution in [0.1, 0.15) is 28.4 Å². The minimum atomic E-state index is -0.523. The van der Waals surface area contributed by atoms with Crippen molar-refractivity contribution in [2.45, 2.75) is 23.7 Å². The van der Waals surface area contributed by atoms with Crippen LogP contribution in [0.2, 0.25) is 0 Å². The zero-order chi connectivity index (χ0) is 34.6. The van der Waals surface area contributed by atoms with Crippen molar-refractivity contribution in [1.82, 2.24) is 5.32 Å². The Hall–Kier alpha value is -6.20. The van der Waals surface area contributed by atoms with Crippen molar-refractivity contribution in [1.29, 1.82) is 0 Å². The summed E-state index contributed by atoms with van der Waals surface area (Å²) >= 11 is 1.31. The maximum Gasteiger partial charge on any atom is 0.272 e. The van der Waals surface area contributed by atoms with Crippen molar-refractivity contribution in [3.8, 4) is 5.75 Å². The average molecular weight is 673 g/mol. The first kappa shape index (κ1) is 34.1. The van der Waals surface area contributed by atoms with E-state index in [1.165, 1.54) is 36.0 Å². The molecule has 0 aliphatic rings. The summed E-state index contributed by atoms with van der Waals surface area (Å²) in [7, 11) is 0. The van der Waals surface area contributed by atoms with Gasteiger partial charge in [-0.25, -0.2) is 0 Å². The highest BCUT2D eigenvalue weighted by atomic mass is 32.2. The Morgan fingerprint density at radius 2 is 1.37 bits per heavy atom. The molecule has 11 heteroatoms. The Labute approximate surface area is 287 Å². The van der Waals surface area contributed by atoms with Crippen LogP contribution in [0.4, 0.5) is 17.1 Å². The summed E-state index contributed by atoms with van der Waals surface area (Å²) in [4.78, 5) is 50.4. The predicted molar refractivity (Wildman–Crippen MR) is 191 cm³/mol. The molecule has 0 heterocycles. The molecule has 0 bridgehead atoms. The van der Waals surface area contributed by atoms with Gasteiger partial charge >= 0.3 is 0 Å². The standard InChI is InChI=1S/C38H32N4O6S/c1-26(36(43)39-30-14-18-32(19-15-30)42(46)47)49-34-22-16-31(17-23-34)40-38(45)35(41-37(44)29-10-6-3-7-11-29)24-27-12-20-33(21-13-27)48-25-28-8-4-2-5-9-28/h2-24,26H,25H2,1H3,(H,39,43)(H,40,45)(H,41,44)/b35-24-. The van der Waals surface area contributed by atoms with Gasteiger partial charge < -0.3 is 20.7 Å². The molecule has 1 unspecified atom stereocenters. The van der Waals surface area contributed by atoms with Gasteiger partial charge in [0.05, 0.1) is 10.2 Å². The summed E-state index contributed by atoms with van der Waals surface area (Å²) in [5, 5.41) is 18.7. The SMILES string of the molecule is CC(Sc1ccc(NC(=O)/C(=C/c2ccc(OCc3ccccc3)cc2)NC(=O)c2ccccc2)cc1)C(=O)Nc1ccc([N+](=O)[O-])cc1. The van der Waals surface area contributed by atoms with Crippen LogP contribution in [0.15, 0.2) is 144 Å². The van der Waals surface area contributed by atoms with Crippen LogP contribution < -0.4 is 20.7 Å². The summed E-state index contributed by atoms with van der Waals surface area (Å²) in [5.41, 5.74) is 3.05. The number of ether oxygens (including phenoxy) is 1. The van der Waals surface area contributed by atoms with Gasteiger partial charge in [-0.2, -0.15) is 0 Å². The molecule has 0 spiro atoms. The molecular formula is C38H32N4O6S. The molecule has 5 aromatic carbocycles. The van der Waals surface area contributed by atoms with E-state index >= 15 is 0 Å². The molecule has 0 fully saturated rings. The topological polar surface area (TPSA) is 140 Å². The fourth-order valence-electron chi connectivity index (χ4n) is 4.49. The van der Waals surface area contributed by atoms with Crippen LogP contribution in [0, 0.1) is 10.1 Å². The molecule has 0 aliphatic carbocycles. The fraction of sp³-hybridized carbons (Fsp3) is 0.0789. The largest absolute Gasteiger partial charge is 0.489 e. The fourth-order valence-corrected chi connectivity index (χ4v) is 5.36. The van der Waals surface area contributed by atoms with Gasteiger partial charge in [0.25, 0.3) is 17.5 Å². The zero-order valence-electron chi connectivity index (χ0n) is 26.4. The Morgan fingerprint density at radius 3 is 2.00 bits per heavy atom. The predicted octanol–water partition coefficient (Wildman–Crippen LogP) is 7.70. The molecule has 1 atom stereocenters. The number of carbonyl (C=O) groups is 3. The van der Waals surface area contributed by atoms with Crippen molar-refractivity contribution in [2.75, 3.05) is 10.6 Å². The molecule has 3 amide bonds. The van der Waals surface area contributed by atoms with E-state index < -0.39 is 22.0 Å². The number of rotatable bonds is 13. The van der Waals surface area contributed by atoms with Crippen molar-refractivity contribution in [3.63, 3.8) is 0 Å². The van der Waals surface area contributed by atoms with Gasteiger partial charge in [-0.3, -0.25) is 24.5 Å². The number of hydrogen-bond acceptors (Lipinski definition) is 7. The van der Waals surface area contributed by atoms with E-state index in [0.717, 1.165) is 10.5 Å². The Balaban J connectivity index is 1.23. The van der Waals surface area contributed by atoms with Crippen molar-refractivity contribution >= 4 is 52.6 Å². The lowest BCUT2D eigenvalue weighted by atomic mass is 10.1. The van der Waals surface area contributed by atoms with Crippen LogP contribution in [0.25, 0.3) is 6.08 Å². The normalized spacial score (nSPS) is 11.6. The highest BCUT2D eigenvalue weighted by molar-refractivity contribution is 8.00. The van der Waals surface area contributed by atoms with E-state index in [2.05, 4.69) is 16.0 Å². The molecule has 10 nitrogen and oxygen atoms in total. The third-order valence-electron chi connectivity index (χ3n) is 7.11. The van der Waals surface area contributed by atoms with Gasteiger partial charge in [-0.1, -0.05) is 60.7 Å². The van der Waals surface area contributed by atoms with Gasteiger partial charge in [0.1, 0.15) is 18.1 Å². The second kappa shape index (κ2) is 16.6. The number of hydrogen-bond donors (Lipinski definition) is 3. The quantitative estimate of drug-likeness (QED) is 0.0504. The van der Waals surface area contributed by atoms with E-state index in [1.807, 2.05) is 30.3 Å². The number of nitrogens with zero attached hydrogens (tertiary/aromatic N) is 1. The Morgan fingerprint density at radius 1 is 0.776 bits per heavy atom. The maximum atomic E-state index is 13.5. The number of non-ortho nitro benzene ring substituents is 1. The summed E-state index contributed by atoms with van der Waals surface area (Å²) in [5.74, 6) is -0.560. The van der Waals surface area contributed by atoms with Crippen molar-refractivity contribution in [3.05, 3.63) is 166 Å². The van der Waals surface area contributed by atoms with Gasteiger partial charge in [-0.15, -0.1) is 11.8 Å². The number of carbonyl (C=O) groups excluding carboxylic acids is 3. The first-order valence-corrected chi connectivity index (χ1v) is 16.1. The number of nitro benzene ring substituents is 1. The Kier molecular flexibility index (Phi) is 11.5. The van der Waals surface area contributed by atoms with Crippen LogP contribution in [-0.2, 0) is 16.2 Å². The molecule has 0 saturated heterocycles. The van der Waals surface area contributed by atoms with Crippen LogP contribution >= 0.6 is 11.8 Å². The molecular weight excluding hydrogens is 641 g/mol. The third-order valence-corrected chi connectivity index (χ3v) is 8.22. The molecule has 5 rings (SSSR count). The van der Waals surface area contributed by atoms with Crippen LogP contribution in [-0.4, -0.2) is 27.9 Å². The molecule has 0 radical (unpaired) electrons. The highest BCUT2D eigenvalue weighted by Gasteiger charge is 2.17. The molecule has 0 aliphatic heterocycles. The minimum absolute atomic E-state index is 0.0433. The second-order valence-corrected chi connectivity index (χ2v) is 12.2. The first-order valence-electron chi connectivity index (χ1n) is 15.2.